The summed E-state index contributed by atoms with van der Waals surface area (Å²) in [6, 6.07) is 28.8. The van der Waals surface area contributed by atoms with Crippen molar-refractivity contribution in [1.29, 1.82) is 0 Å². The van der Waals surface area contributed by atoms with Crippen molar-refractivity contribution in [3.8, 4) is 0 Å². The van der Waals surface area contributed by atoms with Gasteiger partial charge in [0.2, 0.25) is 0 Å². The number of ketones is 2. The summed E-state index contributed by atoms with van der Waals surface area (Å²) in [5.74, 6) is -0.595. The molecular formula is C24H23O3PRh. The van der Waals surface area contributed by atoms with Crippen LogP contribution in [-0.4, -0.2) is 23.3 Å². The molecule has 0 N–H and O–H groups in total. The van der Waals surface area contributed by atoms with Crippen LogP contribution < -0.4 is 15.9 Å². The van der Waals surface area contributed by atoms with E-state index in [1.807, 2.05) is 91.0 Å². The number of rotatable bonds is 7. The zero-order valence-corrected chi connectivity index (χ0v) is 18.9. The molecule has 0 aliphatic rings. The molecule has 0 saturated carbocycles. The molecule has 0 unspecified atom stereocenters. The van der Waals surface area contributed by atoms with Crippen LogP contribution in [0.1, 0.15) is 13.8 Å². The van der Waals surface area contributed by atoms with E-state index in [1.54, 1.807) is 0 Å². The van der Waals surface area contributed by atoms with Gasteiger partial charge in [0.15, 0.2) is 0 Å². The molecule has 0 bridgehead atoms. The second-order valence-corrected chi connectivity index (χ2v) is 11.8. The van der Waals surface area contributed by atoms with E-state index in [0.29, 0.717) is 0 Å². The van der Waals surface area contributed by atoms with E-state index in [9.17, 15) is 14.4 Å². The third-order valence-electron chi connectivity index (χ3n) is 5.46. The predicted molar refractivity (Wildman–Crippen MR) is 117 cm³/mol. The van der Waals surface area contributed by atoms with Gasteiger partial charge in [-0.3, -0.25) is 0 Å². The van der Waals surface area contributed by atoms with E-state index in [1.165, 1.54) is 13.8 Å². The van der Waals surface area contributed by atoms with E-state index in [0.717, 1.165) is 21.9 Å². The summed E-state index contributed by atoms with van der Waals surface area (Å²) in [5, 5.41) is 2.16. The number of benzene rings is 3. The van der Waals surface area contributed by atoms with Gasteiger partial charge in [0, 0.05) is 19.5 Å². The molecule has 5 heteroatoms. The molecule has 0 aliphatic heterocycles. The van der Waals surface area contributed by atoms with Crippen LogP contribution in [0.4, 0.5) is 0 Å². The quantitative estimate of drug-likeness (QED) is 0.220. The fraction of sp³-hybridized carbons (Fsp3) is 0.125. The Morgan fingerprint density at radius 3 is 1.14 bits per heavy atom. The molecule has 3 nitrogen and oxygen atoms in total. The van der Waals surface area contributed by atoms with Gasteiger partial charge in [0.1, 0.15) is 0 Å². The molecule has 0 atom stereocenters. The maximum Gasteiger partial charge on any atom is 0 e. The van der Waals surface area contributed by atoms with Crippen LogP contribution in [0.3, 0.4) is 0 Å². The van der Waals surface area contributed by atoms with Crippen LogP contribution in [0, 0.1) is 0 Å². The van der Waals surface area contributed by atoms with Crippen molar-refractivity contribution in [3.05, 3.63) is 91.0 Å². The van der Waals surface area contributed by atoms with E-state index < -0.39 is 12.3 Å². The summed E-state index contributed by atoms with van der Waals surface area (Å²) in [7, 11) is 0. The maximum atomic E-state index is 13.4. The number of carbonyl (C=O) groups excluding carboxylic acids is 3. The number of hydrogen-bond donors (Lipinski definition) is 0. The summed E-state index contributed by atoms with van der Waals surface area (Å²) in [6.45, 7) is -1.29. The van der Waals surface area contributed by atoms with Gasteiger partial charge >= 0.3 is 165 Å². The zero-order valence-electron chi connectivity index (χ0n) is 16.3. The molecule has 0 amide bonds. The Kier molecular flexibility index (Phi) is 7.17. The molecule has 0 spiro atoms. The minimum atomic E-state index is -4.11. The molecule has 0 saturated heterocycles. The summed E-state index contributed by atoms with van der Waals surface area (Å²) >= 11 is 0. The second-order valence-electron chi connectivity index (χ2n) is 6.99. The summed E-state index contributed by atoms with van der Waals surface area (Å²) in [5.41, 5.74) is -1.07. The SMILES string of the molecule is CC(=O)C(C(C)=O)P(C=O)(c1ccccc1)(c1ccccc1)c1ccccc1.[Rh]. The van der Waals surface area contributed by atoms with Crippen molar-refractivity contribution in [1.82, 2.24) is 0 Å². The smallest absolute Gasteiger partial charge is 0 e. The summed E-state index contributed by atoms with van der Waals surface area (Å²) in [4.78, 5) is 39.3. The van der Waals surface area contributed by atoms with E-state index in [4.69, 9.17) is 0 Å². The standard InChI is InChI=1S/C24H23O3P.Rh/c1-19(26)24(20(2)27)28(18-25,21-12-6-3-7-13-21,22-14-8-4-9-15-22)23-16-10-5-11-17-23;/h3-18,24H,1-2H3;. The molecular weight excluding hydrogens is 470 g/mol. The fourth-order valence-corrected chi connectivity index (χ4v) is 10.7. The monoisotopic (exact) mass is 493 g/mol. The first-order chi connectivity index (χ1) is 13.5. The molecule has 0 fully saturated rings. The Bertz CT molecular complexity index is 891. The van der Waals surface area contributed by atoms with Crippen LogP contribution in [-0.2, 0) is 33.9 Å². The molecule has 1 radical (unpaired) electrons. The first kappa shape index (κ1) is 23.0. The van der Waals surface area contributed by atoms with Gasteiger partial charge in [-0.25, -0.2) is 0 Å². The Morgan fingerprint density at radius 1 is 0.655 bits per heavy atom. The Morgan fingerprint density at radius 2 is 0.931 bits per heavy atom. The predicted octanol–water partition coefficient (Wildman–Crippen LogP) is 3.25. The topological polar surface area (TPSA) is 51.2 Å². The van der Waals surface area contributed by atoms with Crippen LogP contribution >= 0.6 is 6.60 Å². The Balaban J connectivity index is 0.00000300. The first-order valence-corrected chi connectivity index (χ1v) is 11.5. The fourth-order valence-electron chi connectivity index (χ4n) is 4.43. The van der Waals surface area contributed by atoms with Gasteiger partial charge in [0.05, 0.1) is 0 Å². The van der Waals surface area contributed by atoms with Gasteiger partial charge in [-0.2, -0.15) is 0 Å². The Labute approximate surface area is 184 Å². The van der Waals surface area contributed by atoms with Crippen molar-refractivity contribution in [3.63, 3.8) is 0 Å². The van der Waals surface area contributed by atoms with Crippen molar-refractivity contribution >= 4 is 40.1 Å². The van der Waals surface area contributed by atoms with Crippen LogP contribution in [0.25, 0.3) is 0 Å². The van der Waals surface area contributed by atoms with Gasteiger partial charge < -0.3 is 0 Å². The van der Waals surface area contributed by atoms with E-state index >= 15 is 0 Å². The first-order valence-electron chi connectivity index (χ1n) is 9.14. The Hall–Kier alpha value is -2.28. The van der Waals surface area contributed by atoms with E-state index in [2.05, 4.69) is 0 Å². The number of Topliss-reactive ketones (excluding diaryl/α,β-unsaturated/α-hetero) is 2. The summed E-state index contributed by atoms with van der Waals surface area (Å²) < 4.78 is 0. The molecule has 3 aromatic rings. The van der Waals surface area contributed by atoms with Crippen molar-refractivity contribution < 1.29 is 33.9 Å². The zero-order chi connectivity index (χ0) is 20.2. The molecule has 0 aliphatic carbocycles. The summed E-state index contributed by atoms with van der Waals surface area (Å²) in [6.07, 6.45) is 0. The third-order valence-corrected chi connectivity index (χ3v) is 11.9. The number of carbonyl (C=O) groups is 3. The molecule has 0 aromatic heterocycles. The van der Waals surface area contributed by atoms with Gasteiger partial charge in [0.25, 0.3) is 0 Å². The van der Waals surface area contributed by atoms with Gasteiger partial charge in [-0.1, -0.05) is 0 Å². The van der Waals surface area contributed by atoms with Crippen LogP contribution in [0.5, 0.6) is 0 Å². The molecule has 29 heavy (non-hydrogen) atoms. The second kappa shape index (κ2) is 9.03. The molecule has 3 aromatic carbocycles. The van der Waals surface area contributed by atoms with Gasteiger partial charge in [-0.05, 0) is 0 Å². The van der Waals surface area contributed by atoms with Crippen molar-refractivity contribution in [2.24, 2.45) is 0 Å². The van der Waals surface area contributed by atoms with Crippen molar-refractivity contribution in [2.75, 3.05) is 0 Å². The van der Waals surface area contributed by atoms with Gasteiger partial charge in [-0.15, -0.1) is 0 Å². The largest absolute Gasteiger partial charge is 0 e. The molecule has 0 heterocycles. The average molecular weight is 493 g/mol. The van der Waals surface area contributed by atoms with Crippen LogP contribution in [0.15, 0.2) is 91.0 Å². The molecule has 151 valence electrons. The average Bonchev–Trinajstić information content (AvgIpc) is 2.73. The minimum absolute atomic E-state index is 0. The molecule has 3 rings (SSSR count). The third kappa shape index (κ3) is 3.35. The number of hydrogen-bond acceptors (Lipinski definition) is 3. The van der Waals surface area contributed by atoms with Crippen molar-refractivity contribution in [2.45, 2.75) is 19.5 Å². The van der Waals surface area contributed by atoms with Crippen LogP contribution in [0.2, 0.25) is 0 Å². The maximum absolute atomic E-state index is 13.4. The normalized spacial score (nSPS) is 12.3. The van der Waals surface area contributed by atoms with E-state index in [-0.39, 0.29) is 31.0 Å². The minimum Gasteiger partial charge on any atom is 0 e.